The lowest BCUT2D eigenvalue weighted by Crippen LogP contribution is -2.11. The van der Waals surface area contributed by atoms with Crippen molar-refractivity contribution in [1.82, 2.24) is 0 Å². The zero-order chi connectivity index (χ0) is 10.9. The normalized spacial score (nSPS) is 11.8. The third kappa shape index (κ3) is 2.28. The molecule has 0 fully saturated rings. The van der Waals surface area contributed by atoms with E-state index in [1.165, 1.54) is 0 Å². The molecule has 2 N–H and O–H groups in total. The Morgan fingerprint density at radius 1 is 1.29 bits per heavy atom. The second-order valence-corrected chi connectivity index (χ2v) is 5.23. The first-order valence-electron chi connectivity index (χ1n) is 4.49. The van der Waals surface area contributed by atoms with Crippen LogP contribution in [0.3, 0.4) is 0 Å². The lowest BCUT2D eigenvalue weighted by molar-refractivity contribution is 0.275. The molecule has 2 nitrogen and oxygen atoms in total. The molecule has 0 aliphatic rings. The molecule has 0 aromatic heterocycles. The van der Waals surface area contributed by atoms with Crippen molar-refractivity contribution >= 4 is 15.9 Å². The molecular weight excluding hydrogens is 244 g/mol. The van der Waals surface area contributed by atoms with E-state index in [1.807, 2.05) is 12.1 Å². The Morgan fingerprint density at radius 3 is 2.29 bits per heavy atom. The maximum atomic E-state index is 9.58. The number of aromatic hydroxyl groups is 1. The highest BCUT2D eigenvalue weighted by Gasteiger charge is 2.17. The topological polar surface area (TPSA) is 40.5 Å². The third-order valence-corrected chi connectivity index (χ3v) is 2.78. The van der Waals surface area contributed by atoms with Crippen LogP contribution >= 0.6 is 15.9 Å². The highest BCUT2D eigenvalue weighted by molar-refractivity contribution is 9.10. The molecule has 78 valence electrons. The fourth-order valence-corrected chi connectivity index (χ4v) is 1.71. The number of aliphatic hydroxyl groups excluding tert-OH is 1. The Kier molecular flexibility index (Phi) is 3.22. The van der Waals surface area contributed by atoms with Gasteiger partial charge in [-0.25, -0.2) is 0 Å². The number of hydrogen-bond acceptors (Lipinski definition) is 2. The Balaban J connectivity index is 3.30. The second-order valence-electron chi connectivity index (χ2n) is 4.37. The fraction of sp³-hybridized carbons (Fsp3) is 0.455. The number of aliphatic hydroxyl groups is 1. The molecule has 1 rings (SSSR count). The summed E-state index contributed by atoms with van der Waals surface area (Å²) >= 11 is 3.27. The van der Waals surface area contributed by atoms with E-state index in [9.17, 15) is 5.11 Å². The van der Waals surface area contributed by atoms with Gasteiger partial charge in [0, 0.05) is 5.56 Å². The molecule has 0 saturated carbocycles. The van der Waals surface area contributed by atoms with E-state index in [-0.39, 0.29) is 17.8 Å². The van der Waals surface area contributed by atoms with Crippen molar-refractivity contribution < 1.29 is 10.2 Å². The minimum atomic E-state index is -0.144. The van der Waals surface area contributed by atoms with Crippen LogP contribution in [0.4, 0.5) is 0 Å². The van der Waals surface area contributed by atoms with E-state index in [4.69, 9.17) is 5.11 Å². The first kappa shape index (κ1) is 11.5. The molecule has 14 heavy (non-hydrogen) atoms. The number of phenols is 1. The van der Waals surface area contributed by atoms with Crippen LogP contribution in [0.25, 0.3) is 0 Å². The lowest BCUT2D eigenvalue weighted by Gasteiger charge is -2.20. The van der Waals surface area contributed by atoms with E-state index in [0.717, 1.165) is 5.56 Å². The largest absolute Gasteiger partial charge is 0.506 e. The average molecular weight is 259 g/mol. The van der Waals surface area contributed by atoms with Gasteiger partial charge in [-0.05, 0) is 39.0 Å². The van der Waals surface area contributed by atoms with Crippen molar-refractivity contribution in [3.05, 3.63) is 27.7 Å². The molecule has 3 heteroatoms. The highest BCUT2D eigenvalue weighted by atomic mass is 79.9. The summed E-state index contributed by atoms with van der Waals surface area (Å²) in [5.41, 5.74) is 1.66. The molecule has 0 bridgehead atoms. The molecule has 1 aromatic rings. The van der Waals surface area contributed by atoms with Crippen LogP contribution in [0.5, 0.6) is 5.75 Å². The van der Waals surface area contributed by atoms with Gasteiger partial charge in [0.25, 0.3) is 0 Å². The quantitative estimate of drug-likeness (QED) is 0.814. The molecular formula is C11H15BrO2. The molecule has 0 unspecified atom stereocenters. The van der Waals surface area contributed by atoms with Gasteiger partial charge in [-0.15, -0.1) is 0 Å². The van der Waals surface area contributed by atoms with Gasteiger partial charge in [-0.1, -0.05) is 20.8 Å². The number of benzene rings is 1. The van der Waals surface area contributed by atoms with Crippen molar-refractivity contribution in [3.63, 3.8) is 0 Å². The maximum Gasteiger partial charge on any atom is 0.135 e. The van der Waals surface area contributed by atoms with Gasteiger partial charge < -0.3 is 10.2 Å². The van der Waals surface area contributed by atoms with Crippen LogP contribution in [0.2, 0.25) is 0 Å². The van der Waals surface area contributed by atoms with E-state index < -0.39 is 0 Å². The van der Waals surface area contributed by atoms with Crippen molar-refractivity contribution in [2.75, 3.05) is 0 Å². The van der Waals surface area contributed by atoms with Crippen molar-refractivity contribution in [2.45, 2.75) is 32.8 Å². The van der Waals surface area contributed by atoms with Crippen LogP contribution in [0, 0.1) is 0 Å². The average Bonchev–Trinajstić information content (AvgIpc) is 2.07. The zero-order valence-corrected chi connectivity index (χ0v) is 10.2. The highest BCUT2D eigenvalue weighted by Crippen LogP contribution is 2.34. The Labute approximate surface area is 92.7 Å². The van der Waals surface area contributed by atoms with Crippen molar-refractivity contribution in [2.24, 2.45) is 0 Å². The van der Waals surface area contributed by atoms with Crippen LogP contribution < -0.4 is 0 Å². The first-order valence-corrected chi connectivity index (χ1v) is 5.28. The molecule has 0 spiro atoms. The predicted molar refractivity (Wildman–Crippen MR) is 60.4 cm³/mol. The van der Waals surface area contributed by atoms with Gasteiger partial charge in [0.1, 0.15) is 5.75 Å². The van der Waals surface area contributed by atoms with Crippen molar-refractivity contribution in [1.29, 1.82) is 0 Å². The lowest BCUT2D eigenvalue weighted by atomic mass is 9.86. The van der Waals surface area contributed by atoms with E-state index in [1.54, 1.807) is 0 Å². The summed E-state index contributed by atoms with van der Waals surface area (Å²) in [4.78, 5) is 0. The summed E-state index contributed by atoms with van der Waals surface area (Å²) in [6.45, 7) is 6.13. The van der Waals surface area contributed by atoms with Crippen LogP contribution in [-0.2, 0) is 12.0 Å². The van der Waals surface area contributed by atoms with Gasteiger partial charge in [-0.3, -0.25) is 0 Å². The zero-order valence-electron chi connectivity index (χ0n) is 8.63. The third-order valence-electron chi connectivity index (χ3n) is 2.18. The first-order chi connectivity index (χ1) is 6.36. The van der Waals surface area contributed by atoms with Gasteiger partial charge >= 0.3 is 0 Å². The number of rotatable bonds is 1. The molecule has 0 aliphatic heterocycles. The molecule has 0 amide bonds. The van der Waals surface area contributed by atoms with Crippen LogP contribution in [0.15, 0.2) is 16.6 Å². The standard InChI is InChI=1S/C11H15BrO2/c1-11(2,3)8-4-7(6-13)10(14)9(12)5-8/h4-5,13-14H,6H2,1-3H3. The van der Waals surface area contributed by atoms with Gasteiger partial charge in [0.15, 0.2) is 0 Å². The molecule has 0 atom stereocenters. The molecule has 0 aliphatic carbocycles. The van der Waals surface area contributed by atoms with Gasteiger partial charge in [-0.2, -0.15) is 0 Å². The number of hydrogen-bond donors (Lipinski definition) is 2. The van der Waals surface area contributed by atoms with Crippen molar-refractivity contribution in [3.8, 4) is 5.75 Å². The Hall–Kier alpha value is -0.540. The smallest absolute Gasteiger partial charge is 0.135 e. The molecule has 0 saturated heterocycles. The monoisotopic (exact) mass is 258 g/mol. The molecule has 0 radical (unpaired) electrons. The van der Waals surface area contributed by atoms with Crippen LogP contribution in [-0.4, -0.2) is 10.2 Å². The molecule has 1 aromatic carbocycles. The van der Waals surface area contributed by atoms with Gasteiger partial charge in [0.05, 0.1) is 11.1 Å². The summed E-state index contributed by atoms with van der Waals surface area (Å²) < 4.78 is 0.633. The minimum Gasteiger partial charge on any atom is -0.506 e. The van der Waals surface area contributed by atoms with Gasteiger partial charge in [0.2, 0.25) is 0 Å². The summed E-state index contributed by atoms with van der Waals surface area (Å²) in [5.74, 6) is 0.125. The maximum absolute atomic E-state index is 9.58. The summed E-state index contributed by atoms with van der Waals surface area (Å²) in [6.07, 6.45) is 0. The van der Waals surface area contributed by atoms with Crippen LogP contribution in [0.1, 0.15) is 31.9 Å². The number of halogens is 1. The SMILES string of the molecule is CC(C)(C)c1cc(Br)c(O)c(CO)c1. The summed E-state index contributed by atoms with van der Waals surface area (Å²) in [7, 11) is 0. The Bertz CT molecular complexity index is 340. The predicted octanol–water partition coefficient (Wildman–Crippen LogP) is 2.94. The van der Waals surface area contributed by atoms with E-state index in [2.05, 4.69) is 36.7 Å². The van der Waals surface area contributed by atoms with E-state index in [0.29, 0.717) is 10.0 Å². The molecule has 0 heterocycles. The Morgan fingerprint density at radius 2 is 1.86 bits per heavy atom. The van der Waals surface area contributed by atoms with E-state index >= 15 is 0 Å². The summed E-state index contributed by atoms with van der Waals surface area (Å²) in [6, 6.07) is 3.72. The fourth-order valence-electron chi connectivity index (χ4n) is 1.21. The second kappa shape index (κ2) is 3.91. The summed E-state index contributed by atoms with van der Waals surface area (Å²) in [5, 5.41) is 18.6. The minimum absolute atomic E-state index is 0.0140.